The monoisotopic (exact) mass is 278 g/mol. The van der Waals surface area contributed by atoms with Crippen molar-refractivity contribution in [3.05, 3.63) is 45.8 Å². The van der Waals surface area contributed by atoms with Crippen LogP contribution in [0.25, 0.3) is 0 Å². The van der Waals surface area contributed by atoms with E-state index in [1.807, 2.05) is 0 Å². The van der Waals surface area contributed by atoms with Gasteiger partial charge < -0.3 is 5.32 Å². The summed E-state index contributed by atoms with van der Waals surface area (Å²) in [6.07, 6.45) is 4.35. The normalized spacial score (nSPS) is 22.2. The maximum atomic E-state index is 13.1. The summed E-state index contributed by atoms with van der Waals surface area (Å²) in [4.78, 5) is 10.4. The zero-order chi connectivity index (χ0) is 14.7. The van der Waals surface area contributed by atoms with E-state index in [0.717, 1.165) is 18.9 Å². The van der Waals surface area contributed by atoms with E-state index in [4.69, 9.17) is 0 Å². The summed E-state index contributed by atoms with van der Waals surface area (Å²) >= 11 is 0. The first-order valence-corrected chi connectivity index (χ1v) is 6.81. The van der Waals surface area contributed by atoms with Crippen molar-refractivity contribution >= 4 is 11.4 Å². The summed E-state index contributed by atoms with van der Waals surface area (Å²) in [5, 5.41) is 14.0. The quantitative estimate of drug-likeness (QED) is 0.511. The van der Waals surface area contributed by atoms with E-state index >= 15 is 0 Å². The Morgan fingerprint density at radius 2 is 2.25 bits per heavy atom. The molecule has 20 heavy (non-hydrogen) atoms. The second-order valence-corrected chi connectivity index (χ2v) is 5.60. The van der Waals surface area contributed by atoms with Crippen LogP contribution in [0, 0.1) is 27.8 Å². The van der Waals surface area contributed by atoms with Gasteiger partial charge in [0.05, 0.1) is 11.0 Å². The molecule has 108 valence electrons. The van der Waals surface area contributed by atoms with Crippen LogP contribution in [0.1, 0.15) is 26.7 Å². The predicted octanol–water partition coefficient (Wildman–Crippen LogP) is 4.14. The molecule has 0 aromatic heterocycles. The third kappa shape index (κ3) is 3.56. The van der Waals surface area contributed by atoms with Crippen molar-refractivity contribution in [2.24, 2.45) is 11.8 Å². The number of halogens is 1. The number of nitrogens with one attached hydrogen (secondary N) is 1. The topological polar surface area (TPSA) is 55.2 Å². The van der Waals surface area contributed by atoms with Crippen molar-refractivity contribution < 1.29 is 9.31 Å². The number of nitro benzene ring substituents is 1. The molecule has 0 saturated carbocycles. The lowest BCUT2D eigenvalue weighted by atomic mass is 9.84. The highest BCUT2D eigenvalue weighted by molar-refractivity contribution is 5.61. The summed E-state index contributed by atoms with van der Waals surface area (Å²) in [6, 6.07) is 3.63. The van der Waals surface area contributed by atoms with Gasteiger partial charge in [0.15, 0.2) is 0 Å². The molecule has 0 fully saturated rings. The van der Waals surface area contributed by atoms with E-state index in [1.165, 1.54) is 17.7 Å². The Morgan fingerprint density at radius 3 is 2.90 bits per heavy atom. The molecule has 0 spiro atoms. The fourth-order valence-electron chi connectivity index (χ4n) is 2.90. The first kappa shape index (κ1) is 14.5. The highest BCUT2D eigenvalue weighted by Crippen LogP contribution is 2.30. The molecule has 0 radical (unpaired) electrons. The average Bonchev–Trinajstić information content (AvgIpc) is 2.36. The Hall–Kier alpha value is -1.91. The Bertz CT molecular complexity index is 543. The van der Waals surface area contributed by atoms with Crippen molar-refractivity contribution in [2.45, 2.75) is 26.7 Å². The average molecular weight is 278 g/mol. The van der Waals surface area contributed by atoms with Crippen molar-refractivity contribution in [1.29, 1.82) is 0 Å². The molecule has 0 aliphatic heterocycles. The van der Waals surface area contributed by atoms with Crippen molar-refractivity contribution in [2.75, 3.05) is 11.9 Å². The number of benzene rings is 1. The largest absolute Gasteiger partial charge is 0.379 e. The van der Waals surface area contributed by atoms with E-state index in [9.17, 15) is 14.5 Å². The number of allylic oxidation sites excluding steroid dienone is 2. The number of nitrogens with zero attached hydrogens (tertiary/aromatic N) is 1. The molecule has 5 heteroatoms. The van der Waals surface area contributed by atoms with Gasteiger partial charge in [0.2, 0.25) is 0 Å². The molecule has 1 aliphatic carbocycles. The molecule has 2 atom stereocenters. The zero-order valence-electron chi connectivity index (χ0n) is 11.7. The Balaban J connectivity index is 2.04. The minimum atomic E-state index is -0.590. The molecular weight excluding hydrogens is 259 g/mol. The Kier molecular flexibility index (Phi) is 4.37. The van der Waals surface area contributed by atoms with Crippen LogP contribution in [0.15, 0.2) is 29.8 Å². The van der Waals surface area contributed by atoms with Gasteiger partial charge in [0, 0.05) is 6.54 Å². The van der Waals surface area contributed by atoms with E-state index in [2.05, 4.69) is 25.2 Å². The van der Waals surface area contributed by atoms with Gasteiger partial charge in [-0.15, -0.1) is 0 Å². The van der Waals surface area contributed by atoms with Crippen molar-refractivity contribution in [3.8, 4) is 0 Å². The molecule has 1 aromatic rings. The highest BCUT2D eigenvalue weighted by Gasteiger charge is 2.20. The van der Waals surface area contributed by atoms with E-state index in [1.54, 1.807) is 0 Å². The molecular formula is C15H19FN2O2. The van der Waals surface area contributed by atoms with Crippen LogP contribution in [-0.2, 0) is 0 Å². The summed E-state index contributed by atoms with van der Waals surface area (Å²) in [5.41, 5.74) is 1.54. The smallest absolute Gasteiger partial charge is 0.295 e. The molecule has 0 bridgehead atoms. The standard InChI is InChI=1S/C15H19FN2O2/c1-10-5-11(2)7-12(6-10)9-17-14-4-3-13(16)8-15(14)18(19)20/h3-5,8,10,12,17H,6-7,9H2,1-2H3. The first-order chi connectivity index (χ1) is 9.45. The summed E-state index contributed by atoms with van der Waals surface area (Å²) in [7, 11) is 0. The van der Waals surface area contributed by atoms with Crippen LogP contribution in [0.5, 0.6) is 0 Å². The van der Waals surface area contributed by atoms with Gasteiger partial charge in [-0.1, -0.05) is 18.6 Å². The van der Waals surface area contributed by atoms with E-state index in [-0.39, 0.29) is 5.69 Å². The maximum Gasteiger partial charge on any atom is 0.295 e. The number of hydrogen-bond donors (Lipinski definition) is 1. The number of hydrogen-bond acceptors (Lipinski definition) is 3. The molecule has 0 heterocycles. The van der Waals surface area contributed by atoms with Crippen molar-refractivity contribution in [3.63, 3.8) is 0 Å². The predicted molar refractivity (Wildman–Crippen MR) is 77.2 cm³/mol. The zero-order valence-corrected chi connectivity index (χ0v) is 11.7. The maximum absolute atomic E-state index is 13.1. The fraction of sp³-hybridized carbons (Fsp3) is 0.467. The lowest BCUT2D eigenvalue weighted by molar-refractivity contribution is -0.384. The van der Waals surface area contributed by atoms with Gasteiger partial charge in [-0.2, -0.15) is 0 Å². The van der Waals surface area contributed by atoms with Gasteiger partial charge >= 0.3 is 0 Å². The van der Waals surface area contributed by atoms with Crippen LogP contribution in [-0.4, -0.2) is 11.5 Å². The minimum absolute atomic E-state index is 0.207. The third-order valence-corrected chi connectivity index (χ3v) is 3.62. The van der Waals surface area contributed by atoms with Gasteiger partial charge in [0.25, 0.3) is 5.69 Å². The molecule has 0 amide bonds. The number of rotatable bonds is 4. The molecule has 2 rings (SSSR count). The van der Waals surface area contributed by atoms with Crippen LogP contribution >= 0.6 is 0 Å². The molecule has 4 nitrogen and oxygen atoms in total. The van der Waals surface area contributed by atoms with Crippen molar-refractivity contribution in [1.82, 2.24) is 0 Å². The molecule has 1 aromatic carbocycles. The minimum Gasteiger partial charge on any atom is -0.379 e. The van der Waals surface area contributed by atoms with Gasteiger partial charge in [-0.25, -0.2) is 4.39 Å². The first-order valence-electron chi connectivity index (χ1n) is 6.81. The molecule has 2 unspecified atom stereocenters. The second kappa shape index (κ2) is 6.03. The Morgan fingerprint density at radius 1 is 1.50 bits per heavy atom. The third-order valence-electron chi connectivity index (χ3n) is 3.62. The summed E-state index contributed by atoms with van der Waals surface area (Å²) in [6.45, 7) is 4.96. The summed E-state index contributed by atoms with van der Waals surface area (Å²) in [5.74, 6) is 0.408. The van der Waals surface area contributed by atoms with E-state index in [0.29, 0.717) is 24.1 Å². The van der Waals surface area contributed by atoms with Gasteiger partial charge in [0.1, 0.15) is 11.5 Å². The second-order valence-electron chi connectivity index (χ2n) is 5.60. The van der Waals surface area contributed by atoms with Crippen LogP contribution < -0.4 is 5.32 Å². The van der Waals surface area contributed by atoms with Crippen LogP contribution in [0.4, 0.5) is 15.8 Å². The Labute approximate surface area is 117 Å². The molecule has 1 aliphatic rings. The van der Waals surface area contributed by atoms with Gasteiger partial charge in [-0.05, 0) is 43.7 Å². The number of nitro groups is 1. The highest BCUT2D eigenvalue weighted by atomic mass is 19.1. The van der Waals surface area contributed by atoms with Gasteiger partial charge in [-0.3, -0.25) is 10.1 Å². The molecule has 0 saturated heterocycles. The fourth-order valence-corrected chi connectivity index (χ4v) is 2.90. The lowest BCUT2D eigenvalue weighted by Crippen LogP contribution is -2.20. The van der Waals surface area contributed by atoms with E-state index < -0.39 is 10.7 Å². The van der Waals surface area contributed by atoms with Crippen LogP contribution in [0.2, 0.25) is 0 Å². The SMILES string of the molecule is CC1=CC(C)CC(CNc2ccc(F)cc2[N+](=O)[O-])C1. The summed E-state index contributed by atoms with van der Waals surface area (Å²) < 4.78 is 13.1. The molecule has 1 N–H and O–H groups in total. The lowest BCUT2D eigenvalue weighted by Gasteiger charge is -2.25. The number of anilines is 1. The van der Waals surface area contributed by atoms with Crippen LogP contribution in [0.3, 0.4) is 0 Å².